The van der Waals surface area contributed by atoms with E-state index in [0.717, 1.165) is 93.4 Å². The van der Waals surface area contributed by atoms with Crippen molar-refractivity contribution in [3.63, 3.8) is 0 Å². The van der Waals surface area contributed by atoms with E-state index >= 15 is 0 Å². The van der Waals surface area contributed by atoms with Crippen molar-refractivity contribution >= 4 is 96.8 Å². The number of rotatable bonds is 7. The smallest absolute Gasteiger partial charge is 0.165 e. The molecule has 4 aromatic heterocycles. The molecule has 0 radical (unpaired) electrons. The van der Waals surface area contributed by atoms with Gasteiger partial charge in [-0.15, -0.1) is 11.3 Å². The van der Waals surface area contributed by atoms with Gasteiger partial charge in [0.05, 0.1) is 16.7 Å². The Morgan fingerprint density at radius 1 is 0.312 bits per heavy atom. The van der Waals surface area contributed by atoms with Gasteiger partial charge in [0.2, 0.25) is 0 Å². The predicted octanol–water partition coefficient (Wildman–Crippen LogP) is 19.5. The Balaban J connectivity index is 0.950. The number of furan rings is 1. The zero-order valence-electron chi connectivity index (χ0n) is 41.4. The number of fused-ring (bicyclic) bond motifs is 11. The minimum absolute atomic E-state index is 0.571. The van der Waals surface area contributed by atoms with Crippen LogP contribution in [0.3, 0.4) is 0 Å². The highest BCUT2D eigenvalue weighted by molar-refractivity contribution is 7.26. The van der Waals surface area contributed by atoms with Gasteiger partial charge in [-0.1, -0.05) is 194 Å². The van der Waals surface area contributed by atoms with Crippen LogP contribution >= 0.6 is 11.3 Å². The molecule has 0 amide bonds. The van der Waals surface area contributed by atoms with Crippen molar-refractivity contribution in [2.45, 2.75) is 0 Å². The summed E-state index contributed by atoms with van der Waals surface area (Å²) in [6.45, 7) is 0. The zero-order chi connectivity index (χ0) is 50.6. The van der Waals surface area contributed by atoms with Gasteiger partial charge in [-0.3, -0.25) is 0 Å². The van der Waals surface area contributed by atoms with Gasteiger partial charge in [0.25, 0.3) is 0 Å². The zero-order valence-corrected chi connectivity index (χ0v) is 42.2. The van der Waals surface area contributed by atoms with E-state index in [4.69, 9.17) is 19.4 Å². The van der Waals surface area contributed by atoms with Crippen molar-refractivity contribution in [2.75, 3.05) is 0 Å². The molecule has 5 nitrogen and oxygen atoms in total. The van der Waals surface area contributed by atoms with Crippen molar-refractivity contribution < 1.29 is 4.42 Å². The van der Waals surface area contributed by atoms with Gasteiger partial charge in [-0.2, -0.15) is 0 Å². The highest BCUT2D eigenvalue weighted by Gasteiger charge is 2.24. The van der Waals surface area contributed by atoms with Crippen molar-refractivity contribution in [1.82, 2.24) is 19.5 Å². The minimum Gasteiger partial charge on any atom is -0.456 e. The molecule has 0 N–H and O–H groups in total. The largest absolute Gasteiger partial charge is 0.456 e. The average molecular weight is 999 g/mol. The molecule has 12 aromatic carbocycles. The summed E-state index contributed by atoms with van der Waals surface area (Å²) in [6, 6.07) is 91.3. The molecule has 4 heterocycles. The van der Waals surface area contributed by atoms with E-state index in [2.05, 4.69) is 253 Å². The fourth-order valence-electron chi connectivity index (χ4n) is 11.7. The summed E-state index contributed by atoms with van der Waals surface area (Å²) in [7, 11) is 0. The molecule has 6 heteroatoms. The highest BCUT2D eigenvalue weighted by Crippen LogP contribution is 2.45. The van der Waals surface area contributed by atoms with E-state index in [1.54, 1.807) is 11.3 Å². The lowest BCUT2D eigenvalue weighted by Gasteiger charge is -2.16. The van der Waals surface area contributed by atoms with Crippen LogP contribution in [0.25, 0.3) is 159 Å². The summed E-state index contributed by atoms with van der Waals surface area (Å²) in [5.41, 5.74) is 14.3. The Morgan fingerprint density at radius 3 is 1.77 bits per heavy atom. The molecular formula is C71H42N4OS. The molecule has 0 aliphatic carbocycles. The molecule has 0 atom stereocenters. The molecule has 0 fully saturated rings. The van der Waals surface area contributed by atoms with Gasteiger partial charge in [0.15, 0.2) is 17.5 Å². The number of aromatic nitrogens is 4. The molecule has 0 saturated carbocycles. The third-order valence-electron chi connectivity index (χ3n) is 15.4. The normalized spacial score (nSPS) is 11.9. The van der Waals surface area contributed by atoms with Gasteiger partial charge in [-0.25, -0.2) is 15.0 Å². The first kappa shape index (κ1) is 43.4. The second-order valence-electron chi connectivity index (χ2n) is 19.9. The molecule has 0 spiro atoms. The van der Waals surface area contributed by atoms with Gasteiger partial charge >= 0.3 is 0 Å². The number of hydrogen-bond donors (Lipinski definition) is 0. The quantitative estimate of drug-likeness (QED) is 0.160. The molecule has 16 aromatic rings. The molecule has 0 unspecified atom stereocenters. The van der Waals surface area contributed by atoms with Crippen molar-refractivity contribution in [3.05, 3.63) is 255 Å². The van der Waals surface area contributed by atoms with Crippen LogP contribution in [0.4, 0.5) is 0 Å². The average Bonchev–Trinajstić information content (AvgIpc) is 4.17. The number of nitrogens with zero attached hydrogens (tertiary/aromatic N) is 4. The van der Waals surface area contributed by atoms with Crippen LogP contribution in [0.5, 0.6) is 0 Å². The lowest BCUT2D eigenvalue weighted by molar-refractivity contribution is 0.668. The Morgan fingerprint density at radius 2 is 0.909 bits per heavy atom. The van der Waals surface area contributed by atoms with Crippen LogP contribution in [-0.4, -0.2) is 19.5 Å². The first-order valence-electron chi connectivity index (χ1n) is 26.0. The maximum Gasteiger partial charge on any atom is 0.165 e. The van der Waals surface area contributed by atoms with Crippen LogP contribution in [0.1, 0.15) is 0 Å². The molecule has 0 aliphatic rings. The molecule has 77 heavy (non-hydrogen) atoms. The van der Waals surface area contributed by atoms with E-state index in [1.165, 1.54) is 47.8 Å². The summed E-state index contributed by atoms with van der Waals surface area (Å²) in [6.07, 6.45) is 0. The fourth-order valence-corrected chi connectivity index (χ4v) is 12.9. The van der Waals surface area contributed by atoms with Crippen molar-refractivity contribution in [1.29, 1.82) is 0 Å². The molecular weight excluding hydrogens is 957 g/mol. The van der Waals surface area contributed by atoms with Gasteiger partial charge in [-0.05, 0) is 104 Å². The van der Waals surface area contributed by atoms with Crippen LogP contribution in [0, 0.1) is 0 Å². The van der Waals surface area contributed by atoms with E-state index in [1.807, 2.05) is 6.07 Å². The Labute approximate surface area is 446 Å². The SMILES string of the molecule is c1ccc(-c2ccc(-c3nc(-c4cccc5c4sc4ccccc45)nc(-c4cccc5oc6cc(-n7c8ccccc8c8cc9ccccc9cc87)c(-c7cccc(-c8ccc9ccccc9c8)c7)cc6c45)n3)cc2)cc1. The summed E-state index contributed by atoms with van der Waals surface area (Å²) in [5, 5.41) is 11.5. The summed E-state index contributed by atoms with van der Waals surface area (Å²) >= 11 is 1.78. The number of benzene rings is 12. The van der Waals surface area contributed by atoms with Gasteiger partial charge < -0.3 is 8.98 Å². The fraction of sp³-hybridized carbons (Fsp3) is 0. The number of para-hydroxylation sites is 1. The van der Waals surface area contributed by atoms with Gasteiger partial charge in [0, 0.05) is 70.0 Å². The standard InChI is InChI=1S/C71H42N4OS/c1-2-15-43(16-3-1)45-31-34-46(35-32-45)69-72-70(74-71(73-69)57-27-13-25-55-54-24-9-11-30-66(54)77-68(55)57)56-26-14-29-64-67(56)60-41-58(52-22-12-21-48(38-52)51-36-33-44-17-4-5-18-47(44)37-51)63(42-65(60)76-64)75-61-28-10-8-23-53(61)59-39-49-19-6-7-20-50(49)40-62(59)75/h1-42H. The topological polar surface area (TPSA) is 56.7 Å². The van der Waals surface area contributed by atoms with Gasteiger partial charge in [0.1, 0.15) is 11.2 Å². The van der Waals surface area contributed by atoms with Crippen LogP contribution in [0.2, 0.25) is 0 Å². The first-order chi connectivity index (χ1) is 38.1. The third-order valence-corrected chi connectivity index (χ3v) is 16.6. The third kappa shape index (κ3) is 7.11. The molecule has 0 bridgehead atoms. The van der Waals surface area contributed by atoms with E-state index in [-0.39, 0.29) is 0 Å². The Kier molecular flexibility index (Phi) is 9.74. The maximum atomic E-state index is 7.07. The van der Waals surface area contributed by atoms with E-state index in [9.17, 15) is 0 Å². The Hall–Kier alpha value is -10.0. The van der Waals surface area contributed by atoms with Crippen LogP contribution in [0.15, 0.2) is 259 Å². The molecule has 0 saturated heterocycles. The highest BCUT2D eigenvalue weighted by atomic mass is 32.1. The van der Waals surface area contributed by atoms with Crippen LogP contribution < -0.4 is 0 Å². The summed E-state index contributed by atoms with van der Waals surface area (Å²) in [5.74, 6) is 1.79. The monoisotopic (exact) mass is 998 g/mol. The second-order valence-corrected chi connectivity index (χ2v) is 20.9. The molecule has 0 aliphatic heterocycles. The predicted molar refractivity (Wildman–Crippen MR) is 322 cm³/mol. The van der Waals surface area contributed by atoms with E-state index < -0.39 is 0 Å². The molecule has 358 valence electrons. The minimum atomic E-state index is 0.571. The first-order valence-corrected chi connectivity index (χ1v) is 26.8. The van der Waals surface area contributed by atoms with Crippen LogP contribution in [-0.2, 0) is 0 Å². The lowest BCUT2D eigenvalue weighted by Crippen LogP contribution is -2.00. The summed E-state index contributed by atoms with van der Waals surface area (Å²) < 4.78 is 11.9. The lowest BCUT2D eigenvalue weighted by atomic mass is 9.95. The second kappa shape index (κ2) is 17.3. The van der Waals surface area contributed by atoms with Crippen molar-refractivity contribution in [2.24, 2.45) is 0 Å². The Bertz CT molecular complexity index is 5050. The maximum absolute atomic E-state index is 7.07. The number of thiophene rings is 1. The van der Waals surface area contributed by atoms with Crippen molar-refractivity contribution in [3.8, 4) is 73.2 Å². The molecule has 16 rings (SSSR count). The van der Waals surface area contributed by atoms with E-state index in [0.29, 0.717) is 17.5 Å². The number of hydrogen-bond acceptors (Lipinski definition) is 5. The summed E-state index contributed by atoms with van der Waals surface area (Å²) in [4.78, 5) is 16.2.